The number of fused-ring (bicyclic) bond motifs is 14. The molecule has 0 unspecified atom stereocenters. The third-order valence-electron chi connectivity index (χ3n) is 23.5. The van der Waals surface area contributed by atoms with E-state index in [0.717, 1.165) is 68.4 Å². The maximum absolute atomic E-state index is 14.0. The van der Waals surface area contributed by atoms with Crippen molar-refractivity contribution >= 4 is 65.3 Å². The molecule has 29 heteroatoms. The Morgan fingerprint density at radius 2 is 1.00 bits per heavy atom. The number of benzene rings is 1. The van der Waals surface area contributed by atoms with Gasteiger partial charge in [0.15, 0.2) is 44.8 Å². The van der Waals surface area contributed by atoms with Gasteiger partial charge in [0.05, 0.1) is 24.3 Å². The number of hydrogen-bond donors (Lipinski definition) is 5. The normalized spacial score (nSPS) is 23.9. The second-order valence-electron chi connectivity index (χ2n) is 30.6. The maximum Gasteiger partial charge on any atom is 0.339 e. The number of nitrogens with zero attached hydrogens (tertiary/aromatic N) is 10. The minimum Gasteiger partial charge on any atom is -0.504 e. The lowest BCUT2D eigenvalue weighted by Gasteiger charge is -2.34. The van der Waals surface area contributed by atoms with Crippen LogP contribution in [-0.2, 0) is 30.2 Å². The highest BCUT2D eigenvalue weighted by atomic mass is 32.2. The number of rotatable bonds is 13. The molecule has 4 aliphatic heterocycles. The van der Waals surface area contributed by atoms with Crippen LogP contribution in [0.2, 0.25) is 0 Å². The van der Waals surface area contributed by atoms with Crippen LogP contribution in [0.3, 0.4) is 0 Å². The van der Waals surface area contributed by atoms with Gasteiger partial charge in [-0.05, 0) is 243 Å². The molecule has 5 N–H and O–H groups in total. The van der Waals surface area contributed by atoms with E-state index in [4.69, 9.17) is 23.6 Å². The summed E-state index contributed by atoms with van der Waals surface area (Å²) in [6.45, 7) is 13.6. The highest BCUT2D eigenvalue weighted by molar-refractivity contribution is 7.90. The van der Waals surface area contributed by atoms with E-state index in [0.29, 0.717) is 108 Å². The fourth-order valence-electron chi connectivity index (χ4n) is 18.1. The zero-order chi connectivity index (χ0) is 69.6. The predicted octanol–water partition coefficient (Wildman–Crippen LogP) is 9.88. The minimum atomic E-state index is -4.54. The third kappa shape index (κ3) is 11.9. The standard InChI is InChI=1S/C39H45N7O7S2.C32H39N7O5S/c1-25-6-8-27(9-7-25)55(50,51)53-29-11-13-33-42-34(29)40-20-4-5-26-23-37(2,3)45(24-26)35-28(36(47)44-54(33,48)49)10-12-31(41-35)46-21-14-32(43-46)52-22-15-30-38(16-17-38)39(30)18-19-39;1-30(2)18-20-4-3-15-33-27-22(40)6-8-26(35-27)45(42,43)37-29(41)21-5-7-24(34-28(21)38(30)19-20)39-16-9-25(36-39)44-17-10-23-31(11-12-31)32(23)13-14-32/h6-14,21,26,30H,4-5,15-20,22-24H2,1-3H3,(H,40,42)(H,44,47);5-9,16,20,23,40H,3-4,10-15,17-19H2,1-2H3,(H,33,35)(H,37,41)/t26-;20-/m00/s1. The highest BCUT2D eigenvalue weighted by Gasteiger charge is 2.86. The van der Waals surface area contributed by atoms with Crippen molar-refractivity contribution in [2.45, 2.75) is 163 Å². The van der Waals surface area contributed by atoms with Gasteiger partial charge in [0, 0.05) is 61.8 Å². The summed E-state index contributed by atoms with van der Waals surface area (Å²) in [4.78, 5) is 49.9. The second-order valence-corrected chi connectivity index (χ2v) is 35.4. The summed E-state index contributed by atoms with van der Waals surface area (Å²) in [5.41, 5.74) is 2.92. The van der Waals surface area contributed by atoms with Gasteiger partial charge < -0.3 is 39.2 Å². The number of sulfonamides is 2. The number of ether oxygens (including phenoxy) is 2. The van der Waals surface area contributed by atoms with E-state index in [2.05, 4.69) is 77.7 Å². The number of anilines is 4. The largest absolute Gasteiger partial charge is 0.504 e. The molecular formula is C71H84N14O12S3. The molecule has 528 valence electrons. The van der Waals surface area contributed by atoms with Gasteiger partial charge >= 0.3 is 10.1 Å². The smallest absolute Gasteiger partial charge is 0.339 e. The molecule has 17 rings (SSSR count). The second kappa shape index (κ2) is 23.8. The monoisotopic (exact) mass is 1420 g/mol. The van der Waals surface area contributed by atoms with Crippen LogP contribution < -0.4 is 43.5 Å². The Hall–Kier alpha value is -8.57. The van der Waals surface area contributed by atoms with Crippen molar-refractivity contribution in [2.75, 3.05) is 59.8 Å². The van der Waals surface area contributed by atoms with Crippen molar-refractivity contribution in [3.63, 3.8) is 0 Å². The number of hydrogen-bond acceptors (Lipinski definition) is 22. The van der Waals surface area contributed by atoms with E-state index in [-0.39, 0.29) is 55.6 Å². The Kier molecular flexibility index (Phi) is 15.7. The lowest BCUT2D eigenvalue weighted by molar-refractivity contribution is 0.0972. The molecule has 0 radical (unpaired) electrons. The van der Waals surface area contributed by atoms with Gasteiger partial charge in [-0.15, -0.1) is 10.2 Å². The number of aryl methyl sites for hydroxylation is 1. The number of pyridine rings is 4. The van der Waals surface area contributed by atoms with E-state index in [9.17, 15) is 39.9 Å². The van der Waals surface area contributed by atoms with Crippen LogP contribution in [-0.4, -0.2) is 132 Å². The average Bonchev–Trinajstić information content (AvgIpc) is 1.45. The van der Waals surface area contributed by atoms with Gasteiger partial charge in [0.2, 0.25) is 11.8 Å². The average molecular weight is 1420 g/mol. The predicted molar refractivity (Wildman–Crippen MR) is 370 cm³/mol. The molecule has 2 saturated heterocycles. The van der Waals surface area contributed by atoms with Gasteiger partial charge in [0.25, 0.3) is 31.9 Å². The number of carbonyl (C=O) groups is 2. The number of aromatic nitrogens is 8. The van der Waals surface area contributed by atoms with Gasteiger partial charge in [0.1, 0.15) is 16.5 Å². The lowest BCUT2D eigenvalue weighted by atomic mass is 9.93. The number of nitrogens with one attached hydrogen (secondary N) is 4. The first-order chi connectivity index (χ1) is 47.7. The van der Waals surface area contributed by atoms with Crippen molar-refractivity contribution in [1.29, 1.82) is 0 Å². The zero-order valence-electron chi connectivity index (χ0n) is 56.7. The van der Waals surface area contributed by atoms with Crippen LogP contribution in [0.1, 0.15) is 157 Å². The molecule has 6 saturated carbocycles. The van der Waals surface area contributed by atoms with Crippen LogP contribution in [0.5, 0.6) is 23.3 Å². The topological polar surface area (TPSA) is 326 Å². The summed E-state index contributed by atoms with van der Waals surface area (Å²) in [6, 6.07) is 21.0. The van der Waals surface area contributed by atoms with Crippen LogP contribution in [0, 0.1) is 52.3 Å². The highest BCUT2D eigenvalue weighted by Crippen LogP contribution is 2.94. The molecular weight excluding hydrogens is 1340 g/mol. The summed E-state index contributed by atoms with van der Waals surface area (Å²) in [5, 5.41) is 24.8. The van der Waals surface area contributed by atoms with Crippen LogP contribution in [0.15, 0.2) is 112 Å². The number of carbonyl (C=O) groups excluding carboxylic acids is 2. The first kappa shape index (κ1) is 66.0. The number of amides is 2. The van der Waals surface area contributed by atoms with Gasteiger partial charge in [-0.3, -0.25) is 9.59 Å². The summed E-state index contributed by atoms with van der Waals surface area (Å²) in [7, 11) is -13.2. The quantitative estimate of drug-likeness (QED) is 0.0670. The molecule has 8 bridgehead atoms. The Balaban J connectivity index is 0.000000159. The molecule has 10 heterocycles. The first-order valence-corrected chi connectivity index (χ1v) is 39.4. The molecule has 4 spiro atoms. The van der Waals surface area contributed by atoms with E-state index < -0.39 is 52.5 Å². The molecule has 2 amide bonds. The third-order valence-corrected chi connectivity index (χ3v) is 27.3. The molecule has 7 aromatic rings. The van der Waals surface area contributed by atoms with Crippen molar-refractivity contribution in [3.8, 4) is 34.9 Å². The lowest BCUT2D eigenvalue weighted by Crippen LogP contribution is -2.41. The van der Waals surface area contributed by atoms with E-state index in [1.54, 1.807) is 58.2 Å². The van der Waals surface area contributed by atoms with Crippen molar-refractivity contribution in [1.82, 2.24) is 48.9 Å². The molecule has 100 heavy (non-hydrogen) atoms. The Morgan fingerprint density at radius 1 is 0.560 bits per heavy atom. The van der Waals surface area contributed by atoms with E-state index >= 15 is 0 Å². The molecule has 26 nitrogen and oxygen atoms in total. The van der Waals surface area contributed by atoms with Crippen LogP contribution in [0.25, 0.3) is 11.6 Å². The number of aromatic hydroxyl groups is 1. The van der Waals surface area contributed by atoms with Crippen LogP contribution in [0.4, 0.5) is 23.3 Å². The molecule has 10 aliphatic rings. The molecule has 2 atom stereocenters. The summed E-state index contributed by atoms with van der Waals surface area (Å²) in [5.74, 6) is 2.87. The van der Waals surface area contributed by atoms with Gasteiger partial charge in [-0.25, -0.2) is 38.7 Å². The SMILES string of the molecule is CC1(C)C[C@@H]2CCCNc3nc(ccc3O)S(=O)(=O)NC(=O)c3ccc(-n4ccc(OCCC5C6(CC6)C56CC6)n4)nc3N1C2.Cc1ccc(S(=O)(=O)Oc2ccc3nc2NCCC[C@@H]2CN(c4nc(-n5ccc(OCCC6C7(CC7)C67CC7)n5)ccc4C(=O)NS3(=O)=O)C(C)(C)C2)cc1. The fourth-order valence-corrected chi connectivity index (χ4v) is 20.9. The Morgan fingerprint density at radius 3 is 1.46 bits per heavy atom. The fraction of sp³-hybridized carbons (Fsp3) is 0.521. The van der Waals surface area contributed by atoms with Gasteiger partial charge in [-0.2, -0.15) is 25.3 Å². The van der Waals surface area contributed by atoms with Crippen molar-refractivity contribution < 1.29 is 53.6 Å². The summed E-state index contributed by atoms with van der Waals surface area (Å²) < 4.78 is 105. The van der Waals surface area contributed by atoms with E-state index in [1.165, 1.54) is 81.7 Å². The minimum absolute atomic E-state index is 0.0575. The Bertz CT molecular complexity index is 4760. The Labute approximate surface area is 582 Å². The maximum atomic E-state index is 14.0. The van der Waals surface area contributed by atoms with E-state index in [1.807, 2.05) is 19.1 Å². The molecule has 6 aliphatic carbocycles. The molecule has 1 aromatic carbocycles. The molecule has 6 aromatic heterocycles. The summed E-state index contributed by atoms with van der Waals surface area (Å²) in [6.07, 6.45) is 21.6. The van der Waals surface area contributed by atoms with Crippen molar-refractivity contribution in [2.24, 2.45) is 45.3 Å². The van der Waals surface area contributed by atoms with Crippen LogP contribution >= 0.6 is 0 Å². The van der Waals surface area contributed by atoms with Crippen molar-refractivity contribution in [3.05, 3.63) is 114 Å². The van der Waals surface area contributed by atoms with Gasteiger partial charge in [-0.1, -0.05) is 17.7 Å². The molecule has 8 fully saturated rings. The zero-order valence-corrected chi connectivity index (χ0v) is 59.2. The summed E-state index contributed by atoms with van der Waals surface area (Å²) >= 11 is 0. The first-order valence-electron chi connectivity index (χ1n) is 35.0.